The van der Waals surface area contributed by atoms with Crippen molar-refractivity contribution in [1.82, 2.24) is 10.7 Å². The van der Waals surface area contributed by atoms with E-state index in [1.165, 1.54) is 6.07 Å². The van der Waals surface area contributed by atoms with Gasteiger partial charge in [-0.25, -0.2) is 15.0 Å². The zero-order valence-electron chi connectivity index (χ0n) is 7.18. The maximum atomic E-state index is 13.1. The molecular weight excluding hydrogens is 253 g/mol. The lowest BCUT2D eigenvalue weighted by Crippen LogP contribution is -2.39. The molecule has 2 amide bonds. The van der Waals surface area contributed by atoms with Crippen molar-refractivity contribution < 1.29 is 9.18 Å². The highest BCUT2D eigenvalue weighted by Crippen LogP contribution is 2.15. The average molecular weight is 262 g/mol. The van der Waals surface area contributed by atoms with E-state index in [1.54, 1.807) is 12.1 Å². The molecule has 14 heavy (non-hydrogen) atoms. The molecule has 1 aromatic rings. The molecule has 1 aromatic carbocycles. The van der Waals surface area contributed by atoms with Crippen LogP contribution in [0.2, 0.25) is 0 Å². The summed E-state index contributed by atoms with van der Waals surface area (Å²) in [6.45, 7) is 0.0916. The lowest BCUT2D eigenvalue weighted by atomic mass is 10.2. The molecule has 0 aromatic heterocycles. The monoisotopic (exact) mass is 261 g/mol. The van der Waals surface area contributed by atoms with Gasteiger partial charge in [-0.05, 0) is 18.2 Å². The van der Waals surface area contributed by atoms with E-state index in [-0.39, 0.29) is 12.4 Å². The van der Waals surface area contributed by atoms with Crippen LogP contribution in [0.25, 0.3) is 0 Å². The maximum absolute atomic E-state index is 13.1. The van der Waals surface area contributed by atoms with Crippen LogP contribution in [0.1, 0.15) is 5.56 Å². The topological polar surface area (TPSA) is 67.1 Å². The number of benzene rings is 1. The highest BCUT2D eigenvalue weighted by atomic mass is 79.9. The smallest absolute Gasteiger partial charge is 0.329 e. The Hall–Kier alpha value is -1.14. The summed E-state index contributed by atoms with van der Waals surface area (Å²) < 4.78 is 13.9. The van der Waals surface area contributed by atoms with E-state index >= 15 is 0 Å². The van der Waals surface area contributed by atoms with E-state index in [0.29, 0.717) is 5.56 Å². The third kappa shape index (κ3) is 2.97. The van der Waals surface area contributed by atoms with Crippen LogP contribution in [-0.2, 0) is 6.54 Å². The summed E-state index contributed by atoms with van der Waals surface area (Å²) >= 11 is 3.20. The zero-order chi connectivity index (χ0) is 10.6. The van der Waals surface area contributed by atoms with Gasteiger partial charge in [-0.1, -0.05) is 15.9 Å². The van der Waals surface area contributed by atoms with Crippen LogP contribution < -0.4 is 16.6 Å². The molecule has 4 N–H and O–H groups in total. The summed E-state index contributed by atoms with van der Waals surface area (Å²) in [7, 11) is 0. The van der Waals surface area contributed by atoms with Crippen LogP contribution >= 0.6 is 15.9 Å². The number of rotatable bonds is 2. The first-order valence-corrected chi connectivity index (χ1v) is 4.61. The van der Waals surface area contributed by atoms with Gasteiger partial charge >= 0.3 is 6.03 Å². The quantitative estimate of drug-likeness (QED) is 0.426. The minimum absolute atomic E-state index is 0.0916. The molecule has 0 heterocycles. The molecular formula is C8H9BrFN3O. The molecule has 6 heteroatoms. The standard InChI is InChI=1S/C8H9BrFN3O/c9-6-1-2-7(10)5(3-6)4-12-8(14)13-11/h1-3H,4,11H2,(H2,12,13,14). The fourth-order valence-electron chi connectivity index (χ4n) is 0.905. The van der Waals surface area contributed by atoms with Crippen LogP contribution in [0, 0.1) is 5.82 Å². The van der Waals surface area contributed by atoms with E-state index in [9.17, 15) is 9.18 Å². The predicted molar refractivity (Wildman–Crippen MR) is 53.7 cm³/mol. The van der Waals surface area contributed by atoms with Crippen LogP contribution in [0.4, 0.5) is 9.18 Å². The van der Waals surface area contributed by atoms with Gasteiger partial charge in [-0.3, -0.25) is 5.43 Å². The van der Waals surface area contributed by atoms with Crippen molar-refractivity contribution in [1.29, 1.82) is 0 Å². The van der Waals surface area contributed by atoms with E-state index in [1.807, 2.05) is 5.43 Å². The average Bonchev–Trinajstić information content (AvgIpc) is 2.19. The van der Waals surface area contributed by atoms with Gasteiger partial charge in [-0.2, -0.15) is 0 Å². The third-order valence-electron chi connectivity index (χ3n) is 1.58. The number of hydrogen-bond acceptors (Lipinski definition) is 2. The zero-order valence-corrected chi connectivity index (χ0v) is 8.77. The van der Waals surface area contributed by atoms with Crippen molar-refractivity contribution in [3.8, 4) is 0 Å². The number of hydrazine groups is 1. The molecule has 1 rings (SSSR count). The molecule has 0 fully saturated rings. The third-order valence-corrected chi connectivity index (χ3v) is 2.07. The Morgan fingerprint density at radius 3 is 2.93 bits per heavy atom. The summed E-state index contributed by atoms with van der Waals surface area (Å²) in [5, 5.41) is 2.38. The maximum Gasteiger partial charge on any atom is 0.329 e. The Balaban J connectivity index is 2.66. The lowest BCUT2D eigenvalue weighted by molar-refractivity contribution is 0.240. The highest BCUT2D eigenvalue weighted by molar-refractivity contribution is 9.10. The molecule has 0 saturated heterocycles. The highest BCUT2D eigenvalue weighted by Gasteiger charge is 2.03. The fraction of sp³-hybridized carbons (Fsp3) is 0.125. The second-order valence-corrected chi connectivity index (χ2v) is 3.48. The van der Waals surface area contributed by atoms with E-state index in [4.69, 9.17) is 5.84 Å². The molecule has 0 saturated carbocycles. The number of amides is 2. The summed E-state index contributed by atoms with van der Waals surface area (Å²) in [4.78, 5) is 10.7. The summed E-state index contributed by atoms with van der Waals surface area (Å²) in [6, 6.07) is 3.94. The SMILES string of the molecule is NNC(=O)NCc1cc(Br)ccc1F. The Labute approximate surface area is 88.8 Å². The van der Waals surface area contributed by atoms with Gasteiger partial charge in [-0.15, -0.1) is 0 Å². The van der Waals surface area contributed by atoms with Gasteiger partial charge in [0.15, 0.2) is 0 Å². The van der Waals surface area contributed by atoms with Crippen LogP contribution in [0.5, 0.6) is 0 Å². The van der Waals surface area contributed by atoms with E-state index in [0.717, 1.165) is 4.47 Å². The van der Waals surface area contributed by atoms with Crippen LogP contribution in [-0.4, -0.2) is 6.03 Å². The van der Waals surface area contributed by atoms with Crippen molar-refractivity contribution >= 4 is 22.0 Å². The fourth-order valence-corrected chi connectivity index (χ4v) is 1.31. The van der Waals surface area contributed by atoms with Gasteiger partial charge in [0.05, 0.1) is 0 Å². The van der Waals surface area contributed by atoms with Gasteiger partial charge < -0.3 is 5.32 Å². The van der Waals surface area contributed by atoms with Crippen molar-refractivity contribution in [3.05, 3.63) is 34.1 Å². The molecule has 0 aliphatic carbocycles. The number of nitrogens with one attached hydrogen (secondary N) is 2. The minimum Gasteiger partial charge on any atom is -0.333 e. The second kappa shape index (κ2) is 4.92. The lowest BCUT2D eigenvalue weighted by Gasteiger charge is -2.05. The van der Waals surface area contributed by atoms with Gasteiger partial charge in [0, 0.05) is 16.6 Å². The summed E-state index contributed by atoms with van der Waals surface area (Å²) in [5.74, 6) is 4.47. The van der Waals surface area contributed by atoms with Crippen molar-refractivity contribution in [3.63, 3.8) is 0 Å². The number of carbonyl (C=O) groups is 1. The molecule has 76 valence electrons. The molecule has 0 atom stereocenters. The summed E-state index contributed by atoms with van der Waals surface area (Å²) in [5.41, 5.74) is 2.28. The Kier molecular flexibility index (Phi) is 3.84. The predicted octanol–water partition coefficient (Wildman–Crippen LogP) is 1.26. The molecule has 0 radical (unpaired) electrons. The second-order valence-electron chi connectivity index (χ2n) is 2.56. The number of hydrogen-bond donors (Lipinski definition) is 3. The van der Waals surface area contributed by atoms with Gasteiger partial charge in [0.2, 0.25) is 0 Å². The van der Waals surface area contributed by atoms with E-state index in [2.05, 4.69) is 21.2 Å². The first kappa shape index (κ1) is 10.9. The van der Waals surface area contributed by atoms with Gasteiger partial charge in [0.1, 0.15) is 5.82 Å². The van der Waals surface area contributed by atoms with E-state index < -0.39 is 6.03 Å². The molecule has 0 unspecified atom stereocenters. The molecule has 0 bridgehead atoms. The molecule has 4 nitrogen and oxygen atoms in total. The first-order valence-electron chi connectivity index (χ1n) is 3.82. The largest absolute Gasteiger partial charge is 0.333 e. The molecule has 0 aliphatic heterocycles. The van der Waals surface area contributed by atoms with Crippen molar-refractivity contribution in [2.24, 2.45) is 5.84 Å². The van der Waals surface area contributed by atoms with Gasteiger partial charge in [0.25, 0.3) is 0 Å². The number of urea groups is 1. The minimum atomic E-state index is -0.552. The molecule has 0 spiro atoms. The van der Waals surface area contributed by atoms with Crippen LogP contribution in [0.15, 0.2) is 22.7 Å². The number of halogens is 2. The van der Waals surface area contributed by atoms with Crippen molar-refractivity contribution in [2.45, 2.75) is 6.54 Å². The Morgan fingerprint density at radius 2 is 2.29 bits per heavy atom. The Morgan fingerprint density at radius 1 is 1.57 bits per heavy atom. The molecule has 0 aliphatic rings. The first-order chi connectivity index (χ1) is 6.63. The Bertz CT molecular complexity index is 345. The normalized spacial score (nSPS) is 9.64. The summed E-state index contributed by atoms with van der Waals surface area (Å²) in [6.07, 6.45) is 0. The van der Waals surface area contributed by atoms with Crippen molar-refractivity contribution in [2.75, 3.05) is 0 Å². The number of nitrogens with two attached hydrogens (primary N) is 1. The number of carbonyl (C=O) groups excluding carboxylic acids is 1. The van der Waals surface area contributed by atoms with Crippen LogP contribution in [0.3, 0.4) is 0 Å².